The van der Waals surface area contributed by atoms with Gasteiger partial charge in [-0.1, -0.05) is 32.6 Å². The summed E-state index contributed by atoms with van der Waals surface area (Å²) in [5.74, 6) is -2.08. The van der Waals surface area contributed by atoms with Crippen molar-refractivity contribution in [2.45, 2.75) is 76.2 Å². The van der Waals surface area contributed by atoms with E-state index in [1.54, 1.807) is 12.1 Å². The number of rotatable bonds is 2. The monoisotopic (exact) mass is 373 g/mol. The predicted octanol–water partition coefficient (Wildman–Crippen LogP) is 4.87. The molecule has 5 heteroatoms. The van der Waals surface area contributed by atoms with Gasteiger partial charge in [-0.2, -0.15) is 0 Å². The van der Waals surface area contributed by atoms with Crippen LogP contribution in [0.5, 0.6) is 0 Å². The molecule has 0 radical (unpaired) electrons. The highest BCUT2D eigenvalue weighted by Crippen LogP contribution is 2.52. The van der Waals surface area contributed by atoms with Crippen molar-refractivity contribution in [1.29, 1.82) is 0 Å². The Labute approximate surface area is 159 Å². The molecule has 2 saturated carbocycles. The van der Waals surface area contributed by atoms with E-state index in [1.807, 2.05) is 4.90 Å². The molecule has 1 spiro atoms. The smallest absolute Gasteiger partial charge is 0.307 e. The second-order valence-corrected chi connectivity index (χ2v) is 8.75. The molecule has 1 N–H and O–H groups in total. The van der Waals surface area contributed by atoms with Gasteiger partial charge in [-0.3, -0.25) is 9.59 Å². The zero-order valence-electron chi connectivity index (χ0n) is 15.9. The number of nitrogens with zero attached hydrogens (tertiary/aromatic N) is 1. The largest absolute Gasteiger partial charge is 0.481 e. The molecule has 1 aromatic rings. The molecule has 3 unspecified atom stereocenters. The quantitative estimate of drug-likeness (QED) is 0.805. The molecule has 1 heterocycles. The van der Waals surface area contributed by atoms with Gasteiger partial charge < -0.3 is 10.0 Å². The van der Waals surface area contributed by atoms with Crippen molar-refractivity contribution >= 4 is 17.6 Å². The number of aliphatic carboxylic acids is 1. The Morgan fingerprint density at radius 2 is 1.78 bits per heavy atom. The van der Waals surface area contributed by atoms with Crippen LogP contribution in [0.25, 0.3) is 0 Å². The lowest BCUT2D eigenvalue weighted by Crippen LogP contribution is -2.57. The molecule has 3 aliphatic rings. The zero-order chi connectivity index (χ0) is 19.2. The van der Waals surface area contributed by atoms with Crippen molar-refractivity contribution < 1.29 is 19.1 Å². The molecule has 4 nitrogen and oxygen atoms in total. The highest BCUT2D eigenvalue weighted by Gasteiger charge is 2.50. The number of carboxylic acid groups (broad SMARTS) is 1. The maximum atomic E-state index is 13.9. The molecular formula is C22H28FNO3. The number of halogens is 1. The number of benzene rings is 1. The SMILES string of the molecule is CC1CC2(CCCC2)N(C(=O)C2CCCCC2C(=O)O)c2ccc(F)cc21. The molecule has 4 rings (SSSR count). The second-order valence-electron chi connectivity index (χ2n) is 8.75. The third-order valence-electron chi connectivity index (χ3n) is 7.08. The van der Waals surface area contributed by atoms with Gasteiger partial charge in [0.2, 0.25) is 5.91 Å². The summed E-state index contributed by atoms with van der Waals surface area (Å²) in [5.41, 5.74) is 1.45. The molecule has 2 aliphatic carbocycles. The standard InChI is InChI=1S/C22H28FNO3/c1-14-13-22(10-4-5-11-22)24(19-9-8-15(23)12-18(14)19)20(25)16-6-2-3-7-17(16)21(26)27/h8-9,12,14,16-17H,2-7,10-11,13H2,1H3,(H,26,27). The lowest BCUT2D eigenvalue weighted by atomic mass is 9.73. The minimum atomic E-state index is -0.863. The number of carbonyl (C=O) groups is 2. The number of fused-ring (bicyclic) bond motifs is 1. The normalized spacial score (nSPS) is 29.6. The summed E-state index contributed by atoms with van der Waals surface area (Å²) < 4.78 is 13.9. The number of hydrogen-bond acceptors (Lipinski definition) is 2. The lowest BCUT2D eigenvalue weighted by Gasteiger charge is -2.50. The van der Waals surface area contributed by atoms with Gasteiger partial charge in [-0.25, -0.2) is 4.39 Å². The molecule has 1 aromatic carbocycles. The topological polar surface area (TPSA) is 57.6 Å². The van der Waals surface area contributed by atoms with Crippen LogP contribution in [-0.4, -0.2) is 22.5 Å². The van der Waals surface area contributed by atoms with Gasteiger partial charge in [0.1, 0.15) is 5.82 Å². The van der Waals surface area contributed by atoms with E-state index in [9.17, 15) is 19.1 Å². The van der Waals surface area contributed by atoms with E-state index in [-0.39, 0.29) is 23.2 Å². The van der Waals surface area contributed by atoms with Crippen LogP contribution in [0, 0.1) is 17.7 Å². The number of amides is 1. The maximum Gasteiger partial charge on any atom is 0.307 e. The Morgan fingerprint density at radius 1 is 1.11 bits per heavy atom. The average molecular weight is 373 g/mol. The predicted molar refractivity (Wildman–Crippen MR) is 101 cm³/mol. The van der Waals surface area contributed by atoms with Crippen LogP contribution in [0.1, 0.15) is 76.2 Å². The van der Waals surface area contributed by atoms with Crippen molar-refractivity contribution in [3.05, 3.63) is 29.6 Å². The van der Waals surface area contributed by atoms with Gasteiger partial charge in [0, 0.05) is 11.2 Å². The van der Waals surface area contributed by atoms with E-state index < -0.39 is 17.8 Å². The maximum absolute atomic E-state index is 13.9. The van der Waals surface area contributed by atoms with Crippen LogP contribution in [0.15, 0.2) is 18.2 Å². The van der Waals surface area contributed by atoms with E-state index >= 15 is 0 Å². The summed E-state index contributed by atoms with van der Waals surface area (Å²) in [7, 11) is 0. The molecule has 27 heavy (non-hydrogen) atoms. The summed E-state index contributed by atoms with van der Waals surface area (Å²) in [6.45, 7) is 2.11. The molecule has 0 aromatic heterocycles. The first-order valence-corrected chi connectivity index (χ1v) is 10.3. The van der Waals surface area contributed by atoms with Gasteiger partial charge in [-0.05, 0) is 61.8 Å². The highest BCUT2D eigenvalue weighted by molar-refractivity contribution is 6.00. The summed E-state index contributed by atoms with van der Waals surface area (Å²) in [5, 5.41) is 9.67. The van der Waals surface area contributed by atoms with Gasteiger partial charge in [-0.15, -0.1) is 0 Å². The molecule has 1 aliphatic heterocycles. The fraction of sp³-hybridized carbons (Fsp3) is 0.636. The fourth-order valence-corrected chi connectivity index (χ4v) is 5.85. The van der Waals surface area contributed by atoms with Crippen LogP contribution < -0.4 is 4.90 Å². The van der Waals surface area contributed by atoms with E-state index in [1.165, 1.54) is 6.07 Å². The molecule has 146 valence electrons. The summed E-state index contributed by atoms with van der Waals surface area (Å²) >= 11 is 0. The summed E-state index contributed by atoms with van der Waals surface area (Å²) in [6, 6.07) is 4.71. The second kappa shape index (κ2) is 6.92. The van der Waals surface area contributed by atoms with E-state index in [0.717, 1.165) is 56.2 Å². The minimum absolute atomic E-state index is 0.0521. The lowest BCUT2D eigenvalue weighted by molar-refractivity contribution is -0.148. The minimum Gasteiger partial charge on any atom is -0.481 e. The third-order valence-corrected chi connectivity index (χ3v) is 7.08. The van der Waals surface area contributed by atoms with E-state index in [2.05, 4.69) is 6.92 Å². The molecular weight excluding hydrogens is 345 g/mol. The zero-order valence-corrected chi connectivity index (χ0v) is 15.9. The first-order valence-electron chi connectivity index (χ1n) is 10.3. The van der Waals surface area contributed by atoms with Gasteiger partial charge in [0.05, 0.1) is 11.8 Å². The van der Waals surface area contributed by atoms with Gasteiger partial charge >= 0.3 is 5.97 Å². The van der Waals surface area contributed by atoms with E-state index in [4.69, 9.17) is 0 Å². The first kappa shape index (κ1) is 18.5. The number of anilines is 1. The molecule has 1 amide bonds. The van der Waals surface area contributed by atoms with Crippen LogP contribution in [0.4, 0.5) is 10.1 Å². The van der Waals surface area contributed by atoms with Gasteiger partial charge in [0.25, 0.3) is 0 Å². The van der Waals surface area contributed by atoms with Gasteiger partial charge in [0.15, 0.2) is 0 Å². The summed E-state index contributed by atoms with van der Waals surface area (Å²) in [4.78, 5) is 27.5. The van der Waals surface area contributed by atoms with Crippen molar-refractivity contribution in [1.82, 2.24) is 0 Å². The van der Waals surface area contributed by atoms with E-state index in [0.29, 0.717) is 12.8 Å². The van der Waals surface area contributed by atoms with Crippen molar-refractivity contribution in [3.63, 3.8) is 0 Å². The number of carboxylic acids is 1. The van der Waals surface area contributed by atoms with Crippen molar-refractivity contribution in [2.24, 2.45) is 11.8 Å². The van der Waals surface area contributed by atoms with Crippen LogP contribution >= 0.6 is 0 Å². The number of hydrogen-bond donors (Lipinski definition) is 1. The molecule has 2 fully saturated rings. The Hall–Kier alpha value is -1.91. The molecule has 0 bridgehead atoms. The Bertz CT molecular complexity index is 756. The van der Waals surface area contributed by atoms with Crippen LogP contribution in [-0.2, 0) is 9.59 Å². The molecule has 0 saturated heterocycles. The Morgan fingerprint density at radius 3 is 2.44 bits per heavy atom. The van der Waals surface area contributed by atoms with Crippen LogP contribution in [0.3, 0.4) is 0 Å². The third kappa shape index (κ3) is 3.05. The average Bonchev–Trinajstić information content (AvgIpc) is 3.10. The first-order chi connectivity index (χ1) is 12.9. The summed E-state index contributed by atoms with van der Waals surface area (Å²) in [6.07, 6.45) is 7.86. The number of carbonyl (C=O) groups excluding carboxylic acids is 1. The highest BCUT2D eigenvalue weighted by atomic mass is 19.1. The van der Waals surface area contributed by atoms with Crippen molar-refractivity contribution in [3.8, 4) is 0 Å². The van der Waals surface area contributed by atoms with Crippen molar-refractivity contribution in [2.75, 3.05) is 4.90 Å². The molecule has 3 atom stereocenters. The Balaban J connectivity index is 1.78. The fourth-order valence-electron chi connectivity index (χ4n) is 5.85. The van der Waals surface area contributed by atoms with Crippen LogP contribution in [0.2, 0.25) is 0 Å². The Kier molecular flexibility index (Phi) is 4.73.